The van der Waals surface area contributed by atoms with Gasteiger partial charge in [-0.25, -0.2) is 0 Å². The van der Waals surface area contributed by atoms with E-state index in [1.165, 1.54) is 31.2 Å². The molecule has 2 aliphatic rings. The number of nitrogens with zero attached hydrogens (tertiary/aromatic N) is 3. The number of benzene rings is 1. The van der Waals surface area contributed by atoms with Crippen molar-refractivity contribution in [3.05, 3.63) is 41.7 Å². The Morgan fingerprint density at radius 3 is 2.72 bits per heavy atom. The maximum atomic E-state index is 12.4. The molecule has 1 aliphatic carbocycles. The monoisotopic (exact) mass is 414 g/mol. The first-order chi connectivity index (χ1) is 14.3. The van der Waals surface area contributed by atoms with Crippen molar-refractivity contribution >= 4 is 17.7 Å². The maximum absolute atomic E-state index is 12.4. The molecule has 0 spiro atoms. The topological polar surface area (TPSA) is 69.0 Å². The van der Waals surface area contributed by atoms with Crippen molar-refractivity contribution in [1.29, 1.82) is 0 Å². The summed E-state index contributed by atoms with van der Waals surface area (Å²) in [5.41, 5.74) is 1.20. The molecule has 1 aromatic carbocycles. The van der Waals surface area contributed by atoms with E-state index in [0.29, 0.717) is 31.5 Å². The van der Waals surface area contributed by atoms with Gasteiger partial charge in [0.25, 0.3) is 0 Å². The van der Waals surface area contributed by atoms with Crippen LogP contribution >= 0.6 is 11.8 Å². The maximum Gasteiger partial charge on any atom is 0.220 e. The molecule has 1 saturated carbocycles. The van der Waals surface area contributed by atoms with Crippen molar-refractivity contribution in [1.82, 2.24) is 20.1 Å². The Hall–Kier alpha value is -1.86. The summed E-state index contributed by atoms with van der Waals surface area (Å²) in [6.07, 6.45) is 8.07. The first-order valence-corrected chi connectivity index (χ1v) is 11.7. The minimum absolute atomic E-state index is 0.125. The number of aromatic nitrogens is 3. The number of carbonyl (C=O) groups excluding carboxylic acids is 1. The largest absolute Gasteiger partial charge is 0.377 e. The molecular formula is C22H30N4O2S. The highest BCUT2D eigenvalue weighted by Crippen LogP contribution is 2.27. The van der Waals surface area contributed by atoms with Crippen LogP contribution in [-0.2, 0) is 22.6 Å². The summed E-state index contributed by atoms with van der Waals surface area (Å²) in [4.78, 5) is 12.4. The zero-order valence-corrected chi connectivity index (χ0v) is 17.7. The first kappa shape index (κ1) is 20.4. The predicted molar refractivity (Wildman–Crippen MR) is 114 cm³/mol. The van der Waals surface area contributed by atoms with Gasteiger partial charge in [0.2, 0.25) is 5.91 Å². The lowest BCUT2D eigenvalue weighted by Gasteiger charge is -2.13. The fraction of sp³-hybridized carbons (Fsp3) is 0.591. The zero-order chi connectivity index (χ0) is 19.9. The summed E-state index contributed by atoms with van der Waals surface area (Å²) in [5, 5.41) is 12.8. The van der Waals surface area contributed by atoms with Crippen molar-refractivity contribution < 1.29 is 9.53 Å². The highest BCUT2D eigenvalue weighted by molar-refractivity contribution is 7.99. The lowest BCUT2D eigenvalue weighted by molar-refractivity contribution is -0.122. The first-order valence-electron chi connectivity index (χ1n) is 10.7. The predicted octanol–water partition coefficient (Wildman–Crippen LogP) is 3.79. The van der Waals surface area contributed by atoms with E-state index in [0.717, 1.165) is 36.2 Å². The second-order valence-electron chi connectivity index (χ2n) is 8.05. The molecule has 156 valence electrons. The van der Waals surface area contributed by atoms with Crippen LogP contribution in [0.1, 0.15) is 56.3 Å². The molecule has 4 rings (SSSR count). The molecule has 1 saturated heterocycles. The fourth-order valence-electron chi connectivity index (χ4n) is 4.15. The molecule has 0 bridgehead atoms. The van der Waals surface area contributed by atoms with Crippen molar-refractivity contribution in [2.45, 2.75) is 69.3 Å². The third-order valence-electron chi connectivity index (χ3n) is 5.79. The molecule has 1 aliphatic heterocycles. The van der Waals surface area contributed by atoms with Crippen LogP contribution in [0, 0.1) is 5.92 Å². The number of carbonyl (C=O) groups is 1. The van der Waals surface area contributed by atoms with Crippen molar-refractivity contribution in [3.8, 4) is 0 Å². The lowest BCUT2D eigenvalue weighted by Crippen LogP contribution is -2.26. The molecule has 1 aromatic heterocycles. The van der Waals surface area contributed by atoms with E-state index >= 15 is 0 Å². The summed E-state index contributed by atoms with van der Waals surface area (Å²) in [7, 11) is 0. The Labute approximate surface area is 176 Å². The second kappa shape index (κ2) is 10.3. The molecule has 6 nitrogen and oxygen atoms in total. The molecule has 2 fully saturated rings. The fourth-order valence-corrected chi connectivity index (χ4v) is 5.17. The standard InChI is InChI=1S/C22H30N4O2S/c27-21(13-17-7-4-5-8-17)23-14-20-24-25-22(29-16-19-11-6-12-28-19)26(20)15-18-9-2-1-3-10-18/h1-3,9-10,17,19H,4-8,11-16H2,(H,23,27). The number of hydrogen-bond acceptors (Lipinski definition) is 5. The molecular weight excluding hydrogens is 384 g/mol. The number of amides is 1. The summed E-state index contributed by atoms with van der Waals surface area (Å²) < 4.78 is 7.88. The van der Waals surface area contributed by atoms with Gasteiger partial charge < -0.3 is 14.6 Å². The van der Waals surface area contributed by atoms with Crippen molar-refractivity contribution in [3.63, 3.8) is 0 Å². The van der Waals surface area contributed by atoms with E-state index in [4.69, 9.17) is 4.74 Å². The summed E-state index contributed by atoms with van der Waals surface area (Å²) in [5.74, 6) is 2.37. The van der Waals surface area contributed by atoms with Crippen LogP contribution in [0.2, 0.25) is 0 Å². The van der Waals surface area contributed by atoms with Gasteiger partial charge in [-0.1, -0.05) is 54.9 Å². The Kier molecular flexibility index (Phi) is 7.22. The molecule has 29 heavy (non-hydrogen) atoms. The summed E-state index contributed by atoms with van der Waals surface area (Å²) >= 11 is 1.70. The molecule has 7 heteroatoms. The summed E-state index contributed by atoms with van der Waals surface area (Å²) in [6, 6.07) is 10.3. The van der Waals surface area contributed by atoms with Gasteiger partial charge in [-0.05, 0) is 37.2 Å². The Bertz CT molecular complexity index is 783. The van der Waals surface area contributed by atoms with Crippen LogP contribution in [0.5, 0.6) is 0 Å². The van der Waals surface area contributed by atoms with E-state index in [-0.39, 0.29) is 5.91 Å². The number of ether oxygens (including phenoxy) is 1. The molecule has 0 radical (unpaired) electrons. The normalized spacial score (nSPS) is 19.7. The zero-order valence-electron chi connectivity index (χ0n) is 16.9. The van der Waals surface area contributed by atoms with Crippen molar-refractivity contribution in [2.75, 3.05) is 12.4 Å². The van der Waals surface area contributed by atoms with Gasteiger partial charge in [0.05, 0.1) is 19.2 Å². The van der Waals surface area contributed by atoms with Gasteiger partial charge in [0.15, 0.2) is 11.0 Å². The van der Waals surface area contributed by atoms with Gasteiger partial charge in [-0.2, -0.15) is 0 Å². The molecule has 1 N–H and O–H groups in total. The van der Waals surface area contributed by atoms with Gasteiger partial charge in [0.1, 0.15) is 0 Å². The van der Waals surface area contributed by atoms with E-state index in [9.17, 15) is 4.79 Å². The SMILES string of the molecule is O=C(CC1CCCC1)NCc1nnc(SCC2CCCO2)n1Cc1ccccc1. The van der Waals surface area contributed by atoms with Crippen LogP contribution in [0.25, 0.3) is 0 Å². The lowest BCUT2D eigenvalue weighted by atomic mass is 10.0. The average molecular weight is 415 g/mol. The number of thioether (sulfide) groups is 1. The van der Waals surface area contributed by atoms with Crippen molar-refractivity contribution in [2.24, 2.45) is 5.92 Å². The second-order valence-corrected chi connectivity index (χ2v) is 9.04. The van der Waals surface area contributed by atoms with Crippen LogP contribution < -0.4 is 5.32 Å². The number of hydrogen-bond donors (Lipinski definition) is 1. The van der Waals surface area contributed by atoms with E-state index < -0.39 is 0 Å². The van der Waals surface area contributed by atoms with Crippen LogP contribution in [0.4, 0.5) is 0 Å². The van der Waals surface area contributed by atoms with Crippen LogP contribution in [-0.4, -0.2) is 39.1 Å². The summed E-state index contributed by atoms with van der Waals surface area (Å²) in [6.45, 7) is 1.99. The van der Waals surface area contributed by atoms with Crippen LogP contribution in [0.15, 0.2) is 35.5 Å². The van der Waals surface area contributed by atoms with E-state index in [2.05, 4.69) is 32.2 Å². The van der Waals surface area contributed by atoms with Gasteiger partial charge in [-0.3, -0.25) is 4.79 Å². The molecule has 2 heterocycles. The molecule has 1 amide bonds. The quantitative estimate of drug-likeness (QED) is 0.632. The Balaban J connectivity index is 1.40. The molecule has 1 atom stereocenters. The highest BCUT2D eigenvalue weighted by Gasteiger charge is 2.21. The van der Waals surface area contributed by atoms with Gasteiger partial charge >= 0.3 is 0 Å². The molecule has 1 unspecified atom stereocenters. The van der Waals surface area contributed by atoms with E-state index in [1.807, 2.05) is 18.2 Å². The number of rotatable bonds is 9. The Morgan fingerprint density at radius 2 is 1.97 bits per heavy atom. The van der Waals surface area contributed by atoms with Gasteiger partial charge in [-0.15, -0.1) is 10.2 Å². The highest BCUT2D eigenvalue weighted by atomic mass is 32.2. The smallest absolute Gasteiger partial charge is 0.220 e. The minimum atomic E-state index is 0.125. The van der Waals surface area contributed by atoms with Crippen LogP contribution in [0.3, 0.4) is 0 Å². The minimum Gasteiger partial charge on any atom is -0.377 e. The van der Waals surface area contributed by atoms with Gasteiger partial charge in [0, 0.05) is 18.8 Å². The Morgan fingerprint density at radius 1 is 1.14 bits per heavy atom. The number of nitrogens with one attached hydrogen (secondary N) is 1. The van der Waals surface area contributed by atoms with E-state index in [1.54, 1.807) is 11.8 Å². The molecule has 2 aromatic rings. The third-order valence-corrected chi connectivity index (χ3v) is 6.89. The third kappa shape index (κ3) is 5.82. The average Bonchev–Trinajstić information content (AvgIpc) is 3.49.